The molecular formula is C22H21ClN8O. The summed E-state index contributed by atoms with van der Waals surface area (Å²) in [6.07, 6.45) is 10.9. The van der Waals surface area contributed by atoms with E-state index in [0.717, 1.165) is 22.6 Å². The van der Waals surface area contributed by atoms with E-state index in [-0.39, 0.29) is 0 Å². The summed E-state index contributed by atoms with van der Waals surface area (Å²) in [5.74, 6) is 1.00. The summed E-state index contributed by atoms with van der Waals surface area (Å²) in [4.78, 5) is 13.3. The highest BCUT2D eigenvalue weighted by Crippen LogP contribution is 2.39. The van der Waals surface area contributed by atoms with Gasteiger partial charge in [-0.15, -0.1) is 0 Å². The molecule has 9 nitrogen and oxygen atoms in total. The van der Waals surface area contributed by atoms with E-state index >= 15 is 0 Å². The van der Waals surface area contributed by atoms with Crippen molar-refractivity contribution >= 4 is 22.8 Å². The normalized spacial score (nSPS) is 15.1. The van der Waals surface area contributed by atoms with Crippen molar-refractivity contribution in [3.8, 4) is 0 Å². The van der Waals surface area contributed by atoms with Crippen molar-refractivity contribution in [3.05, 3.63) is 83.3 Å². The molecular weight excluding hydrogens is 428 g/mol. The van der Waals surface area contributed by atoms with Gasteiger partial charge in [-0.3, -0.25) is 5.32 Å². The maximum atomic E-state index is 10.5. The van der Waals surface area contributed by atoms with Crippen molar-refractivity contribution in [2.75, 3.05) is 0 Å². The van der Waals surface area contributed by atoms with Crippen LogP contribution in [0.25, 0.3) is 11.2 Å². The Kier molecular flexibility index (Phi) is 4.67. The van der Waals surface area contributed by atoms with E-state index in [2.05, 4.69) is 48.1 Å². The number of nitrogens with one attached hydrogen (secondary N) is 1. The van der Waals surface area contributed by atoms with Crippen LogP contribution in [-0.2, 0) is 13.1 Å². The fraction of sp³-hybridized carbons (Fsp3) is 0.273. The highest BCUT2D eigenvalue weighted by molar-refractivity contribution is 6.30. The van der Waals surface area contributed by atoms with Gasteiger partial charge in [0.05, 0.1) is 29.8 Å². The van der Waals surface area contributed by atoms with Gasteiger partial charge in [-0.25, -0.2) is 19.6 Å². The Labute approximate surface area is 188 Å². The molecule has 5 aromatic heterocycles. The Morgan fingerprint density at radius 1 is 1.12 bits per heavy atom. The third-order valence-corrected chi connectivity index (χ3v) is 5.97. The van der Waals surface area contributed by atoms with Gasteiger partial charge in [0, 0.05) is 30.2 Å². The molecule has 1 aliphatic rings. The summed E-state index contributed by atoms with van der Waals surface area (Å²) >= 11 is 6.09. The topological polar surface area (TPSA) is 97.6 Å². The molecule has 5 heterocycles. The van der Waals surface area contributed by atoms with Crippen molar-refractivity contribution in [2.24, 2.45) is 0 Å². The minimum Gasteiger partial charge on any atom is -0.371 e. The molecule has 1 fully saturated rings. The van der Waals surface area contributed by atoms with Gasteiger partial charge in [0.15, 0.2) is 12.1 Å². The third kappa shape index (κ3) is 3.75. The van der Waals surface area contributed by atoms with Crippen LogP contribution >= 0.6 is 11.6 Å². The van der Waals surface area contributed by atoms with Gasteiger partial charge in [0.2, 0.25) is 0 Å². The summed E-state index contributed by atoms with van der Waals surface area (Å²) < 4.78 is 5.62. The Morgan fingerprint density at radius 2 is 2.03 bits per heavy atom. The van der Waals surface area contributed by atoms with Crippen LogP contribution in [0, 0.1) is 0 Å². The number of aliphatic hydroxyl groups excluding tert-OH is 1. The molecule has 0 aliphatic heterocycles. The standard InChI is InChI=1S/C22H21ClN8O/c23-16-5-6-29-12-25-18(19(29)7-16)8-24-22(32)21-26-13-31(28-21)11-17-10-30-9-15(14-1-2-14)3-4-20(30)27-17/h3-7,9-10,12-14,22,24,32H,1-2,8,11H2. The molecule has 162 valence electrons. The van der Waals surface area contributed by atoms with Gasteiger partial charge < -0.3 is 13.9 Å². The highest BCUT2D eigenvalue weighted by Gasteiger charge is 2.23. The molecule has 0 radical (unpaired) electrons. The van der Waals surface area contributed by atoms with E-state index in [9.17, 15) is 5.11 Å². The summed E-state index contributed by atoms with van der Waals surface area (Å²) in [5, 5.41) is 18.6. The molecule has 10 heteroatoms. The zero-order valence-electron chi connectivity index (χ0n) is 17.1. The quantitative estimate of drug-likeness (QED) is 0.371. The maximum Gasteiger partial charge on any atom is 0.194 e. The second-order valence-electron chi connectivity index (χ2n) is 8.15. The predicted octanol–water partition coefficient (Wildman–Crippen LogP) is 2.93. The Bertz CT molecular complexity index is 1420. The van der Waals surface area contributed by atoms with Crippen LogP contribution in [0.1, 0.15) is 47.8 Å². The number of nitrogens with zero attached hydrogens (tertiary/aromatic N) is 7. The van der Waals surface area contributed by atoms with Crippen molar-refractivity contribution in [1.29, 1.82) is 0 Å². The van der Waals surface area contributed by atoms with E-state index in [1.54, 1.807) is 23.4 Å². The van der Waals surface area contributed by atoms with E-state index in [4.69, 9.17) is 11.6 Å². The van der Waals surface area contributed by atoms with Gasteiger partial charge in [-0.2, -0.15) is 5.10 Å². The van der Waals surface area contributed by atoms with Crippen molar-refractivity contribution < 1.29 is 5.11 Å². The number of imidazole rings is 2. The highest BCUT2D eigenvalue weighted by atomic mass is 35.5. The second-order valence-corrected chi connectivity index (χ2v) is 8.58. The summed E-state index contributed by atoms with van der Waals surface area (Å²) in [6.45, 7) is 0.826. The van der Waals surface area contributed by atoms with Crippen LogP contribution < -0.4 is 5.32 Å². The molecule has 6 rings (SSSR count). The number of hydrogen-bond acceptors (Lipinski definition) is 6. The van der Waals surface area contributed by atoms with Gasteiger partial charge in [-0.1, -0.05) is 17.7 Å². The predicted molar refractivity (Wildman–Crippen MR) is 118 cm³/mol. The fourth-order valence-corrected chi connectivity index (χ4v) is 4.07. The molecule has 0 amide bonds. The van der Waals surface area contributed by atoms with Gasteiger partial charge >= 0.3 is 0 Å². The van der Waals surface area contributed by atoms with E-state index in [0.29, 0.717) is 29.9 Å². The number of rotatable bonds is 7. The number of aromatic nitrogens is 7. The number of aliphatic hydroxyl groups is 1. The van der Waals surface area contributed by atoms with Crippen molar-refractivity contribution in [2.45, 2.75) is 38.1 Å². The van der Waals surface area contributed by atoms with Crippen molar-refractivity contribution in [1.82, 2.24) is 38.9 Å². The molecule has 32 heavy (non-hydrogen) atoms. The average molecular weight is 449 g/mol. The molecule has 1 saturated carbocycles. The van der Waals surface area contributed by atoms with Crippen LogP contribution in [0.3, 0.4) is 0 Å². The first-order chi connectivity index (χ1) is 15.6. The van der Waals surface area contributed by atoms with Crippen LogP contribution in [0.15, 0.2) is 55.5 Å². The molecule has 0 bridgehead atoms. The van der Waals surface area contributed by atoms with Crippen LogP contribution in [0.2, 0.25) is 5.02 Å². The molecule has 1 atom stereocenters. The molecule has 1 unspecified atom stereocenters. The zero-order chi connectivity index (χ0) is 21.7. The lowest BCUT2D eigenvalue weighted by molar-refractivity contribution is 0.127. The van der Waals surface area contributed by atoms with Gasteiger partial charge in [0.1, 0.15) is 12.0 Å². The first-order valence-corrected chi connectivity index (χ1v) is 10.9. The Morgan fingerprint density at radius 3 is 2.91 bits per heavy atom. The molecule has 0 spiro atoms. The SMILES string of the molecule is OC(NCc1ncn2ccc(Cl)cc12)c1ncn(Cc2cn3cc(C4CC4)ccc3n2)n1. The fourth-order valence-electron chi connectivity index (χ4n) is 3.91. The number of fused-ring (bicyclic) bond motifs is 2. The van der Waals surface area contributed by atoms with Crippen LogP contribution in [0.5, 0.6) is 0 Å². The van der Waals surface area contributed by atoms with Crippen LogP contribution in [-0.4, -0.2) is 38.6 Å². The van der Waals surface area contributed by atoms with Gasteiger partial charge in [0.25, 0.3) is 0 Å². The smallest absolute Gasteiger partial charge is 0.194 e. The number of halogens is 1. The minimum atomic E-state index is -1.02. The molecule has 2 N–H and O–H groups in total. The number of hydrogen-bond donors (Lipinski definition) is 2. The summed E-state index contributed by atoms with van der Waals surface area (Å²) in [6, 6.07) is 7.86. The summed E-state index contributed by atoms with van der Waals surface area (Å²) in [5.41, 5.74) is 4.83. The third-order valence-electron chi connectivity index (χ3n) is 5.74. The molecule has 1 aliphatic carbocycles. The Balaban J connectivity index is 1.13. The van der Waals surface area contributed by atoms with Crippen molar-refractivity contribution in [3.63, 3.8) is 0 Å². The van der Waals surface area contributed by atoms with E-state index < -0.39 is 6.23 Å². The van der Waals surface area contributed by atoms with Crippen LogP contribution in [0.4, 0.5) is 0 Å². The average Bonchev–Trinajstić information content (AvgIpc) is 3.21. The van der Waals surface area contributed by atoms with E-state index in [1.165, 1.54) is 18.4 Å². The maximum absolute atomic E-state index is 10.5. The lowest BCUT2D eigenvalue weighted by atomic mass is 10.2. The first kappa shape index (κ1) is 19.4. The summed E-state index contributed by atoms with van der Waals surface area (Å²) in [7, 11) is 0. The minimum absolute atomic E-state index is 0.298. The first-order valence-electron chi connectivity index (χ1n) is 10.5. The lowest BCUT2D eigenvalue weighted by Gasteiger charge is -2.08. The largest absolute Gasteiger partial charge is 0.371 e. The molecule has 0 saturated heterocycles. The molecule has 5 aromatic rings. The molecule has 0 aromatic carbocycles. The van der Waals surface area contributed by atoms with E-state index in [1.807, 2.05) is 22.9 Å². The van der Waals surface area contributed by atoms with Gasteiger partial charge in [-0.05, 0) is 42.5 Å². The zero-order valence-corrected chi connectivity index (χ0v) is 17.9. The second kappa shape index (κ2) is 7.70. The monoisotopic (exact) mass is 448 g/mol. The number of pyridine rings is 2. The Hall–Kier alpha value is -3.27. The lowest BCUT2D eigenvalue weighted by Crippen LogP contribution is -2.22.